The molecule has 0 aliphatic carbocycles. The summed E-state index contributed by atoms with van der Waals surface area (Å²) < 4.78 is 55.0. The molecule has 1 heterocycles. The Balaban J connectivity index is 1.99. The predicted molar refractivity (Wildman–Crippen MR) is 120 cm³/mol. The van der Waals surface area contributed by atoms with E-state index in [2.05, 4.69) is 9.71 Å². The normalized spacial score (nSPS) is 12.6. The van der Waals surface area contributed by atoms with Gasteiger partial charge in [-0.1, -0.05) is 51.1 Å². The van der Waals surface area contributed by atoms with Crippen LogP contribution in [0.4, 0.5) is 0 Å². The van der Waals surface area contributed by atoms with Crippen LogP contribution in [0.3, 0.4) is 0 Å². The van der Waals surface area contributed by atoms with E-state index in [-0.39, 0.29) is 21.2 Å². The highest BCUT2D eigenvalue weighted by atomic mass is 32.2. The average Bonchev–Trinajstić information content (AvgIpc) is 2.74. The zero-order valence-electron chi connectivity index (χ0n) is 17.7. The second kappa shape index (κ2) is 8.90. The molecule has 2 aromatic carbocycles. The lowest BCUT2D eigenvalue weighted by atomic mass is 9.87. The number of nitrogens with one attached hydrogen (secondary N) is 1. The number of sulfonamides is 1. The van der Waals surface area contributed by atoms with Crippen LogP contribution in [-0.2, 0) is 31.7 Å². The van der Waals surface area contributed by atoms with Gasteiger partial charge < -0.3 is 0 Å². The van der Waals surface area contributed by atoms with Crippen LogP contribution in [-0.4, -0.2) is 28.4 Å². The molecule has 1 N–H and O–H groups in total. The minimum absolute atomic E-state index is 0.0296. The Kier molecular flexibility index (Phi) is 6.64. The van der Waals surface area contributed by atoms with E-state index >= 15 is 0 Å². The van der Waals surface area contributed by atoms with Crippen molar-refractivity contribution in [3.63, 3.8) is 0 Å². The molecule has 1 aromatic heterocycles. The molecule has 0 saturated heterocycles. The fourth-order valence-corrected chi connectivity index (χ4v) is 6.04. The maximum Gasteiger partial charge on any atom is 0.240 e. The van der Waals surface area contributed by atoms with Crippen molar-refractivity contribution in [2.24, 2.45) is 0 Å². The molecule has 31 heavy (non-hydrogen) atoms. The van der Waals surface area contributed by atoms with Crippen molar-refractivity contribution in [3.05, 3.63) is 84.2 Å². The molecule has 0 aliphatic heterocycles. The van der Waals surface area contributed by atoms with E-state index in [1.54, 1.807) is 36.5 Å². The molecule has 3 aromatic rings. The van der Waals surface area contributed by atoms with E-state index in [1.165, 1.54) is 24.3 Å². The second-order valence-electron chi connectivity index (χ2n) is 8.19. The number of pyridine rings is 1. The Morgan fingerprint density at radius 3 is 2.13 bits per heavy atom. The standard InChI is InChI=1S/C23H26N2O4S2/c1-23(2,3)21-13-12-20(30(26,27)19-10-5-4-6-11-19)17-22(21)31(28,29)25-16-14-18-9-7-8-15-24-18/h4-13,15,17,25H,14,16H2,1-3H3. The van der Waals surface area contributed by atoms with E-state index in [1.807, 2.05) is 32.9 Å². The van der Waals surface area contributed by atoms with Crippen LogP contribution in [0.15, 0.2) is 87.6 Å². The van der Waals surface area contributed by atoms with Gasteiger partial charge in [-0.2, -0.15) is 0 Å². The third-order valence-corrected chi connectivity index (χ3v) is 8.08. The summed E-state index contributed by atoms with van der Waals surface area (Å²) >= 11 is 0. The summed E-state index contributed by atoms with van der Waals surface area (Å²) in [4.78, 5) is 4.22. The first-order valence-corrected chi connectivity index (χ1v) is 12.8. The van der Waals surface area contributed by atoms with Gasteiger partial charge in [-0.3, -0.25) is 4.98 Å². The quantitative estimate of drug-likeness (QED) is 0.582. The van der Waals surface area contributed by atoms with Gasteiger partial charge in [0.25, 0.3) is 0 Å². The molecule has 6 nitrogen and oxygen atoms in total. The van der Waals surface area contributed by atoms with Crippen LogP contribution in [0.25, 0.3) is 0 Å². The highest BCUT2D eigenvalue weighted by molar-refractivity contribution is 7.91. The van der Waals surface area contributed by atoms with E-state index < -0.39 is 25.3 Å². The van der Waals surface area contributed by atoms with Crippen molar-refractivity contribution in [1.82, 2.24) is 9.71 Å². The fourth-order valence-electron chi connectivity index (χ4n) is 3.18. The molecule has 0 spiro atoms. The van der Waals surface area contributed by atoms with Gasteiger partial charge in [0.05, 0.1) is 14.7 Å². The maximum absolute atomic E-state index is 13.2. The third-order valence-electron chi connectivity index (χ3n) is 4.81. The molecule has 164 valence electrons. The van der Waals surface area contributed by atoms with E-state index in [4.69, 9.17) is 0 Å². The first-order chi connectivity index (χ1) is 14.5. The minimum Gasteiger partial charge on any atom is -0.261 e. The largest absolute Gasteiger partial charge is 0.261 e. The Morgan fingerprint density at radius 1 is 0.839 bits per heavy atom. The number of hydrogen-bond donors (Lipinski definition) is 1. The van der Waals surface area contributed by atoms with Crippen molar-refractivity contribution in [2.75, 3.05) is 6.54 Å². The Labute approximate surface area is 184 Å². The summed E-state index contributed by atoms with van der Waals surface area (Å²) in [5.41, 5.74) is 0.812. The van der Waals surface area contributed by atoms with Crippen molar-refractivity contribution in [3.8, 4) is 0 Å². The van der Waals surface area contributed by atoms with Crippen LogP contribution in [0, 0.1) is 0 Å². The lowest BCUT2D eigenvalue weighted by molar-refractivity contribution is 0.553. The molecule has 0 saturated carbocycles. The predicted octanol–water partition coefficient (Wildman–Crippen LogP) is 3.73. The van der Waals surface area contributed by atoms with Crippen LogP contribution in [0.5, 0.6) is 0 Å². The Morgan fingerprint density at radius 2 is 1.52 bits per heavy atom. The number of rotatable bonds is 7. The molecule has 0 radical (unpaired) electrons. The third kappa shape index (κ3) is 5.39. The van der Waals surface area contributed by atoms with Gasteiger partial charge in [-0.25, -0.2) is 21.6 Å². The highest BCUT2D eigenvalue weighted by Crippen LogP contribution is 2.32. The van der Waals surface area contributed by atoms with Crippen LogP contribution in [0.1, 0.15) is 32.0 Å². The van der Waals surface area contributed by atoms with E-state index in [0.29, 0.717) is 12.0 Å². The van der Waals surface area contributed by atoms with Crippen molar-refractivity contribution in [2.45, 2.75) is 47.3 Å². The van der Waals surface area contributed by atoms with Crippen LogP contribution < -0.4 is 4.72 Å². The number of aromatic nitrogens is 1. The van der Waals surface area contributed by atoms with Crippen LogP contribution in [0.2, 0.25) is 0 Å². The molecule has 0 amide bonds. The van der Waals surface area contributed by atoms with E-state index in [0.717, 1.165) is 5.69 Å². The SMILES string of the molecule is CC(C)(C)c1ccc(S(=O)(=O)c2ccccc2)cc1S(=O)(=O)NCCc1ccccn1. The van der Waals surface area contributed by atoms with Gasteiger partial charge in [0.2, 0.25) is 19.9 Å². The zero-order valence-corrected chi connectivity index (χ0v) is 19.4. The molecule has 0 unspecified atom stereocenters. The lowest BCUT2D eigenvalue weighted by Gasteiger charge is -2.23. The second-order valence-corrected chi connectivity index (χ2v) is 11.9. The number of sulfone groups is 1. The van der Waals surface area contributed by atoms with Gasteiger partial charge in [0, 0.05) is 24.9 Å². The Hall–Kier alpha value is -2.55. The molecule has 0 atom stereocenters. The molecular weight excluding hydrogens is 432 g/mol. The molecule has 0 aliphatic rings. The summed E-state index contributed by atoms with van der Waals surface area (Å²) in [5, 5.41) is 0. The monoisotopic (exact) mass is 458 g/mol. The maximum atomic E-state index is 13.2. The highest BCUT2D eigenvalue weighted by Gasteiger charge is 2.28. The Bertz CT molecular complexity index is 1250. The van der Waals surface area contributed by atoms with Crippen molar-refractivity contribution >= 4 is 19.9 Å². The van der Waals surface area contributed by atoms with Crippen LogP contribution >= 0.6 is 0 Å². The summed E-state index contributed by atoms with van der Waals surface area (Å²) in [6, 6.07) is 17.7. The smallest absolute Gasteiger partial charge is 0.240 e. The summed E-state index contributed by atoms with van der Waals surface area (Å²) in [5.74, 6) is 0. The van der Waals surface area contributed by atoms with Crippen molar-refractivity contribution in [1.29, 1.82) is 0 Å². The van der Waals surface area contributed by atoms with Gasteiger partial charge >= 0.3 is 0 Å². The number of nitrogens with zero attached hydrogens (tertiary/aromatic N) is 1. The minimum atomic E-state index is -3.95. The van der Waals surface area contributed by atoms with Gasteiger partial charge in [-0.15, -0.1) is 0 Å². The zero-order chi connectivity index (χ0) is 22.7. The summed E-state index contributed by atoms with van der Waals surface area (Å²) in [7, 11) is -7.80. The van der Waals surface area contributed by atoms with Gasteiger partial charge in [0.1, 0.15) is 0 Å². The molecule has 3 rings (SSSR count). The van der Waals surface area contributed by atoms with Gasteiger partial charge in [-0.05, 0) is 47.4 Å². The van der Waals surface area contributed by atoms with E-state index in [9.17, 15) is 16.8 Å². The molecule has 0 bridgehead atoms. The summed E-state index contributed by atoms with van der Waals surface area (Å²) in [6.45, 7) is 5.82. The average molecular weight is 459 g/mol. The molecule has 8 heteroatoms. The number of hydrogen-bond acceptors (Lipinski definition) is 5. The fraction of sp³-hybridized carbons (Fsp3) is 0.261. The molecule has 0 fully saturated rings. The summed E-state index contributed by atoms with van der Waals surface area (Å²) in [6.07, 6.45) is 2.08. The van der Waals surface area contributed by atoms with Gasteiger partial charge in [0.15, 0.2) is 0 Å². The first-order valence-electron chi connectivity index (χ1n) is 9.86. The number of benzene rings is 2. The lowest BCUT2D eigenvalue weighted by Crippen LogP contribution is -2.29. The molecular formula is C23H26N2O4S2. The van der Waals surface area contributed by atoms with Crippen molar-refractivity contribution < 1.29 is 16.8 Å². The topological polar surface area (TPSA) is 93.2 Å². The first kappa shape index (κ1) is 23.1.